The molecule has 3 nitrogen and oxygen atoms in total. The number of esters is 1. The van der Waals surface area contributed by atoms with Gasteiger partial charge >= 0.3 is 5.97 Å². The fraction of sp³-hybridized carbons (Fsp3) is 0.188. The van der Waals surface area contributed by atoms with Crippen LogP contribution in [-0.4, -0.2) is 19.3 Å². The van der Waals surface area contributed by atoms with Gasteiger partial charge in [0.2, 0.25) is 0 Å². The topological polar surface area (TPSA) is 35.5 Å². The maximum Gasteiger partial charge on any atom is 0.342 e. The first-order valence-electron chi connectivity index (χ1n) is 6.38. The fourth-order valence-electron chi connectivity index (χ4n) is 1.83. The molecule has 0 aliphatic rings. The van der Waals surface area contributed by atoms with Crippen molar-refractivity contribution in [1.82, 2.24) is 0 Å². The fourth-order valence-corrected chi connectivity index (χ4v) is 2.59. The molecule has 6 heteroatoms. The summed E-state index contributed by atoms with van der Waals surface area (Å²) in [6, 6.07) is 9.81. The number of methoxy groups -OCH3 is 1. The summed E-state index contributed by atoms with van der Waals surface area (Å²) in [5.74, 6) is -0.535. The van der Waals surface area contributed by atoms with Crippen LogP contribution in [0.2, 0.25) is 0 Å². The summed E-state index contributed by atoms with van der Waals surface area (Å²) in [4.78, 5) is 13.1. The monoisotopic (exact) mass is 384 g/mol. The molecule has 0 radical (unpaired) electrons. The lowest BCUT2D eigenvalue weighted by Crippen LogP contribution is -2.08. The second-order valence-electron chi connectivity index (χ2n) is 4.38. The SMILES string of the molecule is COc1cc(SC)ccc1C(=O)OCc1ccc(Br)cc1F. The number of ether oxygens (including phenoxy) is 2. The summed E-state index contributed by atoms with van der Waals surface area (Å²) in [6.07, 6.45) is 1.93. The molecular weight excluding hydrogens is 371 g/mol. The normalized spacial score (nSPS) is 10.4. The third-order valence-electron chi connectivity index (χ3n) is 3.00. The van der Waals surface area contributed by atoms with E-state index < -0.39 is 11.8 Å². The molecule has 0 saturated carbocycles. The van der Waals surface area contributed by atoms with E-state index in [2.05, 4.69) is 15.9 Å². The zero-order chi connectivity index (χ0) is 16.1. The van der Waals surface area contributed by atoms with E-state index in [9.17, 15) is 9.18 Å². The van der Waals surface area contributed by atoms with E-state index in [-0.39, 0.29) is 6.61 Å². The molecule has 0 heterocycles. The molecule has 0 aliphatic heterocycles. The number of benzene rings is 2. The van der Waals surface area contributed by atoms with E-state index in [0.717, 1.165) is 4.90 Å². The van der Waals surface area contributed by atoms with Crippen molar-refractivity contribution in [3.63, 3.8) is 0 Å². The molecule has 2 rings (SSSR count). The third-order valence-corrected chi connectivity index (χ3v) is 4.22. The predicted octanol–water partition coefficient (Wildman–Crippen LogP) is 4.68. The largest absolute Gasteiger partial charge is 0.496 e. The summed E-state index contributed by atoms with van der Waals surface area (Å²) in [6.45, 7) is -0.134. The Hall–Kier alpha value is -1.53. The number of carbonyl (C=O) groups is 1. The summed E-state index contributed by atoms with van der Waals surface area (Å²) >= 11 is 4.73. The molecule has 0 atom stereocenters. The Kier molecular flexibility index (Phi) is 5.85. The van der Waals surface area contributed by atoms with E-state index in [4.69, 9.17) is 9.47 Å². The van der Waals surface area contributed by atoms with E-state index >= 15 is 0 Å². The van der Waals surface area contributed by atoms with Gasteiger partial charge in [0.05, 0.1) is 7.11 Å². The molecule has 0 unspecified atom stereocenters. The highest BCUT2D eigenvalue weighted by Gasteiger charge is 2.15. The van der Waals surface area contributed by atoms with Crippen LogP contribution in [-0.2, 0) is 11.3 Å². The number of carbonyl (C=O) groups excluding carboxylic acids is 1. The molecule has 0 aromatic heterocycles. The first kappa shape index (κ1) is 16.8. The third kappa shape index (κ3) is 4.01. The molecule has 22 heavy (non-hydrogen) atoms. The summed E-state index contributed by atoms with van der Waals surface area (Å²) < 4.78 is 24.7. The Morgan fingerprint density at radius 3 is 2.68 bits per heavy atom. The Labute approximate surface area is 140 Å². The van der Waals surface area contributed by atoms with Gasteiger partial charge in [0.15, 0.2) is 0 Å². The number of hydrogen-bond acceptors (Lipinski definition) is 4. The van der Waals surface area contributed by atoms with Crippen molar-refractivity contribution in [2.75, 3.05) is 13.4 Å². The summed E-state index contributed by atoms with van der Waals surface area (Å²) in [5.41, 5.74) is 0.633. The molecule has 0 spiro atoms. The van der Waals surface area contributed by atoms with Gasteiger partial charge in [-0.15, -0.1) is 11.8 Å². The van der Waals surface area contributed by atoms with Crippen molar-refractivity contribution in [2.24, 2.45) is 0 Å². The van der Waals surface area contributed by atoms with Gasteiger partial charge in [0.1, 0.15) is 23.7 Å². The molecule has 116 valence electrons. The lowest BCUT2D eigenvalue weighted by molar-refractivity contribution is 0.0465. The predicted molar refractivity (Wildman–Crippen MR) is 88.0 cm³/mol. The molecule has 2 aromatic rings. The van der Waals surface area contributed by atoms with E-state index in [1.165, 1.54) is 13.2 Å². The standard InChI is InChI=1S/C16H14BrFO3S/c1-20-15-8-12(22-2)5-6-13(15)16(19)21-9-10-3-4-11(17)7-14(10)18/h3-8H,9H2,1-2H3. The molecule has 0 aliphatic carbocycles. The van der Waals surface area contributed by atoms with Crippen molar-refractivity contribution in [2.45, 2.75) is 11.5 Å². The van der Waals surface area contributed by atoms with Crippen molar-refractivity contribution in [3.8, 4) is 5.75 Å². The zero-order valence-corrected chi connectivity index (χ0v) is 14.5. The van der Waals surface area contributed by atoms with Gasteiger partial charge < -0.3 is 9.47 Å². The van der Waals surface area contributed by atoms with Crippen molar-refractivity contribution < 1.29 is 18.7 Å². The van der Waals surface area contributed by atoms with Crippen LogP contribution < -0.4 is 4.74 Å². The average molecular weight is 385 g/mol. The highest BCUT2D eigenvalue weighted by atomic mass is 79.9. The van der Waals surface area contributed by atoms with Crippen molar-refractivity contribution in [1.29, 1.82) is 0 Å². The van der Waals surface area contributed by atoms with E-state index in [1.807, 2.05) is 12.3 Å². The summed E-state index contributed by atoms with van der Waals surface area (Å²) in [5, 5.41) is 0. The van der Waals surface area contributed by atoms with Gasteiger partial charge in [0.25, 0.3) is 0 Å². The molecule has 2 aromatic carbocycles. The van der Waals surface area contributed by atoms with Crippen molar-refractivity contribution >= 4 is 33.7 Å². The van der Waals surface area contributed by atoms with Crippen LogP contribution in [0.4, 0.5) is 4.39 Å². The molecule has 0 saturated heterocycles. The number of thioether (sulfide) groups is 1. The van der Waals surface area contributed by atoms with Crippen LogP contribution in [0.3, 0.4) is 0 Å². The number of rotatable bonds is 5. The van der Waals surface area contributed by atoms with E-state index in [0.29, 0.717) is 21.3 Å². The van der Waals surface area contributed by atoms with Crippen LogP contribution in [0.15, 0.2) is 45.8 Å². The van der Waals surface area contributed by atoms with Gasteiger partial charge in [-0.25, -0.2) is 9.18 Å². The molecule has 0 N–H and O–H groups in total. The number of halogens is 2. The van der Waals surface area contributed by atoms with Crippen molar-refractivity contribution in [3.05, 3.63) is 57.8 Å². The lowest BCUT2D eigenvalue weighted by Gasteiger charge is -2.10. The first-order valence-corrected chi connectivity index (χ1v) is 8.40. The highest BCUT2D eigenvalue weighted by Crippen LogP contribution is 2.26. The minimum Gasteiger partial charge on any atom is -0.496 e. The molecule has 0 amide bonds. The summed E-state index contributed by atoms with van der Waals surface area (Å²) in [7, 11) is 1.49. The molecular formula is C16H14BrFO3S. The quantitative estimate of drug-likeness (QED) is 0.553. The van der Waals surface area contributed by atoms with Gasteiger partial charge in [-0.1, -0.05) is 22.0 Å². The Morgan fingerprint density at radius 1 is 1.27 bits per heavy atom. The maximum absolute atomic E-state index is 13.7. The molecule has 0 fully saturated rings. The maximum atomic E-state index is 13.7. The molecule has 0 bridgehead atoms. The number of hydrogen-bond donors (Lipinski definition) is 0. The average Bonchev–Trinajstić information content (AvgIpc) is 2.53. The minimum atomic E-state index is -0.549. The van der Waals surface area contributed by atoms with Gasteiger partial charge in [-0.3, -0.25) is 0 Å². The minimum absolute atomic E-state index is 0.134. The van der Waals surface area contributed by atoms with Crippen LogP contribution in [0, 0.1) is 5.82 Å². The Bertz CT molecular complexity index is 691. The van der Waals surface area contributed by atoms with Gasteiger partial charge in [-0.05, 0) is 36.6 Å². The highest BCUT2D eigenvalue weighted by molar-refractivity contribution is 9.10. The zero-order valence-electron chi connectivity index (χ0n) is 12.1. The second-order valence-corrected chi connectivity index (χ2v) is 6.17. The smallest absolute Gasteiger partial charge is 0.342 e. The van der Waals surface area contributed by atoms with Gasteiger partial charge in [-0.2, -0.15) is 0 Å². The van der Waals surface area contributed by atoms with E-state index in [1.54, 1.807) is 36.0 Å². The lowest BCUT2D eigenvalue weighted by atomic mass is 10.2. The van der Waals surface area contributed by atoms with Gasteiger partial charge in [0, 0.05) is 14.9 Å². The van der Waals surface area contributed by atoms with Crippen LogP contribution >= 0.6 is 27.7 Å². The second kappa shape index (κ2) is 7.65. The Balaban J connectivity index is 2.12. The van der Waals surface area contributed by atoms with Crippen LogP contribution in [0.25, 0.3) is 0 Å². The van der Waals surface area contributed by atoms with Crippen LogP contribution in [0.5, 0.6) is 5.75 Å². The van der Waals surface area contributed by atoms with Crippen LogP contribution in [0.1, 0.15) is 15.9 Å². The Morgan fingerprint density at radius 2 is 2.05 bits per heavy atom. The first-order chi connectivity index (χ1) is 10.5.